The SMILES string of the molecule is CCCNC(=O)c1ccc2c(C(=Nc3ccc(C(=O)N4CCN(CC)CC4)cc3)c3ccccc3)c(O)[nH]c2c1. The van der Waals surface area contributed by atoms with E-state index in [1.54, 1.807) is 12.1 Å². The Morgan fingerprint density at radius 2 is 1.60 bits per heavy atom. The smallest absolute Gasteiger partial charge is 0.253 e. The van der Waals surface area contributed by atoms with Crippen LogP contribution in [-0.2, 0) is 0 Å². The van der Waals surface area contributed by atoms with E-state index in [4.69, 9.17) is 4.99 Å². The molecule has 40 heavy (non-hydrogen) atoms. The summed E-state index contributed by atoms with van der Waals surface area (Å²) in [5.74, 6) is -0.150. The molecular weight excluding hydrogens is 502 g/mol. The molecule has 1 saturated heterocycles. The maximum absolute atomic E-state index is 13.1. The summed E-state index contributed by atoms with van der Waals surface area (Å²) in [6, 6.07) is 22.3. The Bertz CT molecular complexity index is 1520. The summed E-state index contributed by atoms with van der Waals surface area (Å²) in [5.41, 5.74) is 4.42. The minimum Gasteiger partial charge on any atom is -0.494 e. The molecule has 2 heterocycles. The summed E-state index contributed by atoms with van der Waals surface area (Å²) in [7, 11) is 0. The molecule has 2 amide bonds. The van der Waals surface area contributed by atoms with Gasteiger partial charge < -0.3 is 25.2 Å². The standard InChI is InChI=1S/C32H35N5O3/c1-3-16-33-30(38)24-12-15-26-27(21-24)35-31(39)28(26)29(22-8-6-5-7-9-22)34-25-13-10-23(11-14-25)32(40)37-19-17-36(4-2)18-20-37/h5-15,21,35,39H,3-4,16-20H2,1-2H3,(H,33,38). The van der Waals surface area contributed by atoms with Gasteiger partial charge in [-0.15, -0.1) is 0 Å². The number of carbonyl (C=O) groups is 2. The van der Waals surface area contributed by atoms with Crippen LogP contribution in [0.4, 0.5) is 5.69 Å². The number of hydrogen-bond acceptors (Lipinski definition) is 5. The lowest BCUT2D eigenvalue weighted by atomic mass is 10.00. The number of H-pyrrole nitrogens is 1. The minimum atomic E-state index is -0.154. The third-order valence-corrected chi connectivity index (χ3v) is 7.32. The van der Waals surface area contributed by atoms with Crippen molar-refractivity contribution in [1.82, 2.24) is 20.1 Å². The molecule has 5 rings (SSSR count). The Morgan fingerprint density at radius 3 is 2.27 bits per heavy atom. The molecule has 1 aliphatic heterocycles. The molecule has 1 aromatic heterocycles. The second kappa shape index (κ2) is 12.2. The molecule has 0 unspecified atom stereocenters. The van der Waals surface area contributed by atoms with Crippen LogP contribution in [0.2, 0.25) is 0 Å². The highest BCUT2D eigenvalue weighted by Crippen LogP contribution is 2.32. The van der Waals surface area contributed by atoms with Gasteiger partial charge in [-0.1, -0.05) is 50.2 Å². The van der Waals surface area contributed by atoms with Crippen molar-refractivity contribution in [3.63, 3.8) is 0 Å². The second-order valence-corrected chi connectivity index (χ2v) is 9.96. The molecule has 0 atom stereocenters. The molecular formula is C32H35N5O3. The number of fused-ring (bicyclic) bond motifs is 1. The number of amides is 2. The summed E-state index contributed by atoms with van der Waals surface area (Å²) in [6.45, 7) is 8.99. The highest BCUT2D eigenvalue weighted by atomic mass is 16.3. The third kappa shape index (κ3) is 5.77. The molecule has 0 radical (unpaired) electrons. The summed E-state index contributed by atoms with van der Waals surface area (Å²) < 4.78 is 0. The van der Waals surface area contributed by atoms with Gasteiger partial charge >= 0.3 is 0 Å². The number of rotatable bonds is 8. The zero-order valence-electron chi connectivity index (χ0n) is 23.0. The van der Waals surface area contributed by atoms with Crippen LogP contribution in [-0.4, -0.2) is 76.7 Å². The summed E-state index contributed by atoms with van der Waals surface area (Å²) in [4.78, 5) is 37.8. The van der Waals surface area contributed by atoms with Gasteiger partial charge in [-0.05, 0) is 49.4 Å². The first kappa shape index (κ1) is 27.1. The van der Waals surface area contributed by atoms with E-state index in [9.17, 15) is 14.7 Å². The molecule has 206 valence electrons. The first-order valence-corrected chi connectivity index (χ1v) is 13.9. The second-order valence-electron chi connectivity index (χ2n) is 9.96. The fraction of sp³-hybridized carbons (Fsp3) is 0.281. The van der Waals surface area contributed by atoms with E-state index in [1.807, 2.05) is 72.5 Å². The normalized spacial score (nSPS) is 14.4. The van der Waals surface area contributed by atoms with Gasteiger partial charge in [0, 0.05) is 60.3 Å². The number of aromatic hydroxyl groups is 1. The predicted molar refractivity (Wildman–Crippen MR) is 159 cm³/mol. The highest BCUT2D eigenvalue weighted by molar-refractivity contribution is 6.22. The highest BCUT2D eigenvalue weighted by Gasteiger charge is 2.22. The molecule has 8 heteroatoms. The van der Waals surface area contributed by atoms with Crippen LogP contribution in [0.3, 0.4) is 0 Å². The number of carbonyl (C=O) groups excluding carboxylic acids is 2. The predicted octanol–water partition coefficient (Wildman–Crippen LogP) is 4.96. The average Bonchev–Trinajstić information content (AvgIpc) is 3.33. The fourth-order valence-corrected chi connectivity index (χ4v) is 5.02. The fourth-order valence-electron chi connectivity index (χ4n) is 5.02. The lowest BCUT2D eigenvalue weighted by molar-refractivity contribution is 0.0643. The number of nitrogens with one attached hydrogen (secondary N) is 2. The number of nitrogens with zero attached hydrogens (tertiary/aromatic N) is 3. The molecule has 4 aromatic rings. The van der Waals surface area contributed by atoms with Crippen LogP contribution < -0.4 is 5.32 Å². The summed E-state index contributed by atoms with van der Waals surface area (Å²) in [6.07, 6.45) is 0.851. The van der Waals surface area contributed by atoms with Crippen LogP contribution in [0.15, 0.2) is 77.8 Å². The van der Waals surface area contributed by atoms with Crippen molar-refractivity contribution in [1.29, 1.82) is 0 Å². The minimum absolute atomic E-state index is 0.0262. The molecule has 0 saturated carbocycles. The molecule has 3 aromatic carbocycles. The molecule has 8 nitrogen and oxygen atoms in total. The quantitative estimate of drug-likeness (QED) is 0.277. The van der Waals surface area contributed by atoms with Crippen molar-refractivity contribution in [3.05, 3.63) is 95.1 Å². The number of hydrogen-bond donors (Lipinski definition) is 3. The number of aliphatic imine (C=N–C) groups is 1. The molecule has 3 N–H and O–H groups in total. The van der Waals surface area contributed by atoms with Crippen LogP contribution in [0, 0.1) is 0 Å². The first-order chi connectivity index (χ1) is 19.5. The van der Waals surface area contributed by atoms with Crippen molar-refractivity contribution < 1.29 is 14.7 Å². The van der Waals surface area contributed by atoms with Gasteiger partial charge in [0.15, 0.2) is 5.88 Å². The number of likely N-dealkylation sites (N-methyl/N-ethyl adjacent to an activating group) is 1. The van der Waals surface area contributed by atoms with Crippen molar-refractivity contribution in [2.24, 2.45) is 4.99 Å². The number of piperazine rings is 1. The van der Waals surface area contributed by atoms with Gasteiger partial charge in [-0.3, -0.25) is 9.59 Å². The molecule has 0 aliphatic carbocycles. The molecule has 0 spiro atoms. The van der Waals surface area contributed by atoms with Gasteiger partial charge in [-0.2, -0.15) is 0 Å². The van der Waals surface area contributed by atoms with Crippen molar-refractivity contribution in [2.75, 3.05) is 39.3 Å². The van der Waals surface area contributed by atoms with Gasteiger partial charge in [0.2, 0.25) is 0 Å². The van der Waals surface area contributed by atoms with Crippen LogP contribution in [0.5, 0.6) is 5.88 Å². The largest absolute Gasteiger partial charge is 0.494 e. The van der Waals surface area contributed by atoms with Crippen LogP contribution in [0.25, 0.3) is 10.9 Å². The third-order valence-electron chi connectivity index (χ3n) is 7.32. The van der Waals surface area contributed by atoms with E-state index in [0.717, 1.165) is 50.1 Å². The Labute approximate surface area is 234 Å². The van der Waals surface area contributed by atoms with Gasteiger partial charge in [0.25, 0.3) is 11.8 Å². The monoisotopic (exact) mass is 537 g/mol. The molecule has 0 bridgehead atoms. The average molecular weight is 538 g/mol. The van der Waals surface area contributed by atoms with Crippen molar-refractivity contribution in [2.45, 2.75) is 20.3 Å². The Kier molecular flexibility index (Phi) is 8.26. The number of benzene rings is 3. The van der Waals surface area contributed by atoms with E-state index in [1.165, 1.54) is 0 Å². The number of aromatic nitrogens is 1. The lowest BCUT2D eigenvalue weighted by Crippen LogP contribution is -2.48. The van der Waals surface area contributed by atoms with Gasteiger partial charge in [-0.25, -0.2) is 4.99 Å². The topological polar surface area (TPSA) is 101 Å². The first-order valence-electron chi connectivity index (χ1n) is 13.9. The van der Waals surface area contributed by atoms with E-state index in [2.05, 4.69) is 22.1 Å². The van der Waals surface area contributed by atoms with E-state index in [-0.39, 0.29) is 17.7 Å². The Morgan fingerprint density at radius 1 is 0.900 bits per heavy atom. The zero-order valence-corrected chi connectivity index (χ0v) is 23.0. The van der Waals surface area contributed by atoms with E-state index in [0.29, 0.717) is 40.2 Å². The van der Waals surface area contributed by atoms with Crippen molar-refractivity contribution in [3.8, 4) is 5.88 Å². The maximum Gasteiger partial charge on any atom is 0.253 e. The summed E-state index contributed by atoms with van der Waals surface area (Å²) >= 11 is 0. The van der Waals surface area contributed by atoms with E-state index < -0.39 is 0 Å². The zero-order chi connectivity index (χ0) is 28.1. The Hall–Kier alpha value is -4.43. The number of aromatic amines is 1. The van der Waals surface area contributed by atoms with E-state index >= 15 is 0 Å². The lowest BCUT2D eigenvalue weighted by Gasteiger charge is -2.34. The Balaban J connectivity index is 1.47. The summed E-state index contributed by atoms with van der Waals surface area (Å²) in [5, 5.41) is 14.7. The van der Waals surface area contributed by atoms with Gasteiger partial charge in [0.05, 0.1) is 17.0 Å². The maximum atomic E-state index is 13.1. The van der Waals surface area contributed by atoms with Crippen molar-refractivity contribution >= 4 is 34.1 Å². The molecule has 1 fully saturated rings. The van der Waals surface area contributed by atoms with Crippen LogP contribution in [0.1, 0.15) is 52.1 Å². The van der Waals surface area contributed by atoms with Gasteiger partial charge in [0.1, 0.15) is 0 Å². The van der Waals surface area contributed by atoms with Crippen LogP contribution >= 0.6 is 0 Å². The molecule has 1 aliphatic rings.